The predicted molar refractivity (Wildman–Crippen MR) is 47.8 cm³/mol. The Labute approximate surface area is 165 Å². The smallest absolute Gasteiger partial charge is 0 e. The second kappa shape index (κ2) is 9.71. The Morgan fingerprint density at radius 2 is 0.333 bits per heavy atom. The summed E-state index contributed by atoms with van der Waals surface area (Å²) < 4.78 is 204. The Hall–Kier alpha value is 0.761. The van der Waals surface area contributed by atoms with E-state index in [0.717, 1.165) is 0 Å². The van der Waals surface area contributed by atoms with E-state index in [9.17, 15) is 79.0 Å². The van der Waals surface area contributed by atoms with E-state index in [1.165, 1.54) is 0 Å². The Balaban J connectivity index is -0.000000411. The predicted octanol–water partition coefficient (Wildman–Crippen LogP) is 5.57. The van der Waals surface area contributed by atoms with Crippen molar-refractivity contribution in [1.29, 1.82) is 0 Å². The van der Waals surface area contributed by atoms with E-state index in [-0.39, 0.29) is 27.7 Å². The van der Waals surface area contributed by atoms with Gasteiger partial charge in [-0.2, -0.15) is 0 Å². The first-order valence-corrected chi connectivity index (χ1v) is 11.2. The van der Waals surface area contributed by atoms with Crippen LogP contribution in [0, 0.1) is 0 Å². The maximum absolute atomic E-state index is 11.3. The molecule has 160 valence electrons. The molecule has 0 bridgehead atoms. The molecule has 0 aromatic carbocycles. The fraction of sp³-hybridized carbons (Fsp3) is 1.00. The third-order valence-corrected chi connectivity index (χ3v) is 8.84. The molecule has 0 aliphatic carbocycles. The van der Waals surface area contributed by atoms with Crippen LogP contribution in [-0.4, -0.2) is 58.8 Å². The van der Waals surface area contributed by atoms with Crippen LogP contribution in [0.1, 0.15) is 0 Å². The van der Waals surface area contributed by atoms with Crippen molar-refractivity contribution >= 4 is 28.7 Å². The second-order valence-electron chi connectivity index (χ2n) is 3.74. The number of alkyl halides is 18. The van der Waals surface area contributed by atoms with Crippen LogP contribution in [0.5, 0.6) is 0 Å². The van der Waals surface area contributed by atoms with Crippen LogP contribution in [0.25, 0.3) is 0 Å². The summed E-state index contributed by atoms with van der Waals surface area (Å²) >= 11 is -14.2. The summed E-state index contributed by atoms with van der Waals surface area (Å²) in [4.78, 5) is 0. The maximum atomic E-state index is 11.3. The molecular weight excluding hydrogens is 760 g/mol. The zero-order valence-electron chi connectivity index (χ0n) is 11.5. The fourth-order valence-corrected chi connectivity index (χ4v) is 5.01. The van der Waals surface area contributed by atoms with E-state index >= 15 is 0 Å². The van der Waals surface area contributed by atoms with Gasteiger partial charge in [-0.3, -0.25) is 0 Å². The molecule has 0 N–H and O–H groups in total. The molecule has 27 heavy (non-hydrogen) atoms. The quantitative estimate of drug-likeness (QED) is 0.224. The second-order valence-corrected chi connectivity index (χ2v) is 14.0. The van der Waals surface area contributed by atoms with Crippen LogP contribution in [0.3, 0.4) is 0 Å². The average Bonchev–Trinajstić information content (AvgIpc) is 1.97. The number of rotatable bonds is 0. The van der Waals surface area contributed by atoms with Gasteiger partial charge >= 0.3 is 138 Å². The standard InChI is InChI=1S/2C3F9Ge.Hg/c2*4-1(5,6)13(2(7,8)9)3(10,11)12;. The summed E-state index contributed by atoms with van der Waals surface area (Å²) in [6.07, 6.45) is 0. The van der Waals surface area contributed by atoms with Gasteiger partial charge in [-0.25, -0.2) is 0 Å². The van der Waals surface area contributed by atoms with Crippen molar-refractivity contribution in [2.45, 2.75) is 30.1 Å². The Kier molecular flexibility index (Phi) is 11.7. The molecule has 0 atom stereocenters. The van der Waals surface area contributed by atoms with Gasteiger partial charge in [0.05, 0.1) is 0 Å². The van der Waals surface area contributed by atoms with Crippen LogP contribution >= 0.6 is 0 Å². The number of halogens is 18. The first-order chi connectivity index (χ1) is 10.7. The first kappa shape index (κ1) is 32.4. The van der Waals surface area contributed by atoms with Crippen LogP contribution in [0.4, 0.5) is 79.0 Å². The SMILES string of the molecule is F[C](F)(F)[Ge]([C](F)(F)F)[C](F)(F)F.F[C](F)(F)[Ge]([C](F)(F)F)[C](F)(F)F.[Hg]. The molecule has 0 spiro atoms. The van der Waals surface area contributed by atoms with Gasteiger partial charge in [0.15, 0.2) is 0 Å². The van der Waals surface area contributed by atoms with Crippen LogP contribution < -0.4 is 0 Å². The van der Waals surface area contributed by atoms with E-state index in [1.807, 2.05) is 0 Å². The number of hydrogen-bond acceptors (Lipinski definition) is 0. The number of hydrogen-bond donors (Lipinski definition) is 0. The fourth-order valence-electron chi connectivity index (χ4n) is 0.964. The summed E-state index contributed by atoms with van der Waals surface area (Å²) in [7, 11) is 0. The molecule has 0 aliphatic heterocycles. The minimum atomic E-state index is -7.10. The topological polar surface area (TPSA) is 0 Å². The van der Waals surface area contributed by atoms with E-state index in [0.29, 0.717) is 0 Å². The molecule has 0 aliphatic rings. The molecule has 0 aromatic rings. The van der Waals surface area contributed by atoms with Gasteiger partial charge in [-0.05, 0) is 0 Å². The van der Waals surface area contributed by atoms with Crippen LogP contribution in [0.2, 0.25) is 0 Å². The molecule has 2 radical (unpaired) electrons. The van der Waals surface area contributed by atoms with Crippen molar-refractivity contribution in [1.82, 2.24) is 0 Å². The largest absolute Gasteiger partial charge is 0 e. The normalized spacial score (nSPS) is 14.7. The Bertz CT molecular complexity index is 323. The van der Waals surface area contributed by atoms with Gasteiger partial charge in [0.2, 0.25) is 0 Å². The molecule has 21 heteroatoms. The third-order valence-electron chi connectivity index (χ3n) is 1.70. The van der Waals surface area contributed by atoms with Crippen LogP contribution in [0.15, 0.2) is 0 Å². The molecule has 0 saturated heterocycles. The monoisotopic (exact) mass is 764 g/mol. The van der Waals surface area contributed by atoms with Crippen molar-refractivity contribution in [2.75, 3.05) is 0 Å². The molecule has 0 rings (SSSR count). The van der Waals surface area contributed by atoms with Crippen LogP contribution in [-0.2, 0) is 27.7 Å². The summed E-state index contributed by atoms with van der Waals surface area (Å²) in [6, 6.07) is 0. The molecule has 0 saturated carbocycles. The van der Waals surface area contributed by atoms with Crippen molar-refractivity contribution in [3.8, 4) is 0 Å². The zero-order valence-corrected chi connectivity index (χ0v) is 21.2. The zero-order chi connectivity index (χ0) is 22.2. The Morgan fingerprint density at radius 1 is 0.259 bits per heavy atom. The van der Waals surface area contributed by atoms with Crippen molar-refractivity contribution < 1.29 is 107 Å². The average molecular weight is 760 g/mol. The minimum Gasteiger partial charge on any atom is 0 e. The Morgan fingerprint density at radius 3 is 0.333 bits per heavy atom. The van der Waals surface area contributed by atoms with Gasteiger partial charge < -0.3 is 0 Å². The third kappa shape index (κ3) is 12.1. The molecule has 0 nitrogen and oxygen atoms in total. The molecule has 0 aromatic heterocycles. The van der Waals surface area contributed by atoms with Gasteiger partial charge in [0.25, 0.3) is 0 Å². The summed E-state index contributed by atoms with van der Waals surface area (Å²) in [5.74, 6) is 0. The first-order valence-electron chi connectivity index (χ1n) is 4.90. The van der Waals surface area contributed by atoms with E-state index in [1.54, 1.807) is 0 Å². The van der Waals surface area contributed by atoms with Gasteiger partial charge in [0, 0.05) is 27.7 Å². The van der Waals surface area contributed by atoms with E-state index < -0.39 is 58.8 Å². The van der Waals surface area contributed by atoms with Gasteiger partial charge in [0.1, 0.15) is 0 Å². The van der Waals surface area contributed by atoms with Gasteiger partial charge in [-0.1, -0.05) is 0 Å². The van der Waals surface area contributed by atoms with E-state index in [4.69, 9.17) is 0 Å². The summed E-state index contributed by atoms with van der Waals surface area (Å²) in [5.41, 5.74) is 0. The van der Waals surface area contributed by atoms with E-state index in [2.05, 4.69) is 0 Å². The molecule has 0 heterocycles. The minimum absolute atomic E-state index is 0. The van der Waals surface area contributed by atoms with Gasteiger partial charge in [-0.15, -0.1) is 0 Å². The van der Waals surface area contributed by atoms with Crippen molar-refractivity contribution in [3.63, 3.8) is 0 Å². The summed E-state index contributed by atoms with van der Waals surface area (Å²) in [5, 5.41) is -37.2. The van der Waals surface area contributed by atoms with Crippen molar-refractivity contribution in [2.24, 2.45) is 0 Å². The molecule has 0 fully saturated rings. The molecule has 0 unspecified atom stereocenters. The summed E-state index contributed by atoms with van der Waals surface area (Å²) in [6.45, 7) is 0. The maximum Gasteiger partial charge on any atom is 0 e. The molecular formula is C6F18Ge2Hg. The molecule has 0 amide bonds. The van der Waals surface area contributed by atoms with Crippen molar-refractivity contribution in [3.05, 3.63) is 0 Å².